The first-order valence-corrected chi connectivity index (χ1v) is 8.34. The van der Waals surface area contributed by atoms with E-state index in [-0.39, 0.29) is 5.84 Å². The van der Waals surface area contributed by atoms with Crippen molar-refractivity contribution in [2.75, 3.05) is 0 Å². The quantitative estimate of drug-likeness (QED) is 0.506. The molecule has 2 rings (SSSR count). The molecule has 7 heteroatoms. The van der Waals surface area contributed by atoms with Crippen LogP contribution in [0.15, 0.2) is 29.3 Å². The van der Waals surface area contributed by atoms with Crippen molar-refractivity contribution in [1.82, 2.24) is 0 Å². The van der Waals surface area contributed by atoms with Crippen molar-refractivity contribution in [2.45, 2.75) is 65.3 Å². The van der Waals surface area contributed by atoms with Crippen LogP contribution in [0.3, 0.4) is 0 Å². The third-order valence-electron chi connectivity index (χ3n) is 4.31. The van der Waals surface area contributed by atoms with Crippen molar-refractivity contribution < 1.29 is 18.8 Å². The third-order valence-corrected chi connectivity index (χ3v) is 4.31. The van der Waals surface area contributed by atoms with Crippen LogP contribution in [0.25, 0.3) is 0 Å². The van der Waals surface area contributed by atoms with E-state index in [1.165, 1.54) is 0 Å². The lowest BCUT2D eigenvalue weighted by atomic mass is 9.78. The summed E-state index contributed by atoms with van der Waals surface area (Å²) >= 11 is 0. The average Bonchev–Trinajstić information content (AvgIpc) is 2.65. The number of hydrogen-bond donors (Lipinski definition) is 1. The van der Waals surface area contributed by atoms with Gasteiger partial charge in [-0.1, -0.05) is 24.3 Å². The molecule has 1 aromatic carbocycles. The Balaban J connectivity index is 2.21. The number of amidine groups is 1. The Labute approximate surface area is 149 Å². The molecule has 0 atom stereocenters. The summed E-state index contributed by atoms with van der Waals surface area (Å²) in [5, 5.41) is 0. The lowest BCUT2D eigenvalue weighted by Gasteiger charge is -2.32. The normalized spacial score (nSPS) is 19.8. The zero-order chi connectivity index (χ0) is 19.0. The molecule has 1 aliphatic heterocycles. The fraction of sp³-hybridized carbons (Fsp3) is 0.556. The maximum atomic E-state index is 11.8. The number of carbonyl (C=O) groups is 1. The number of ether oxygens (including phenoxy) is 1. The lowest BCUT2D eigenvalue weighted by Crippen LogP contribution is -2.41. The Morgan fingerprint density at radius 3 is 2.24 bits per heavy atom. The number of carbonyl (C=O) groups excluding carboxylic acids is 1. The molecule has 0 bridgehead atoms. The molecule has 1 aliphatic rings. The second-order valence-electron chi connectivity index (χ2n) is 8.19. The lowest BCUT2D eigenvalue weighted by molar-refractivity contribution is 0.00578. The van der Waals surface area contributed by atoms with Gasteiger partial charge in [-0.25, -0.2) is 4.79 Å². The van der Waals surface area contributed by atoms with Gasteiger partial charge in [0.15, 0.2) is 0 Å². The van der Waals surface area contributed by atoms with Gasteiger partial charge < -0.3 is 19.8 Å². The molecule has 1 heterocycles. The summed E-state index contributed by atoms with van der Waals surface area (Å²) in [6.07, 6.45) is -0.717. The Hall–Kier alpha value is -1.86. The van der Waals surface area contributed by atoms with E-state index in [1.54, 1.807) is 26.8 Å². The SMILES string of the molecule is CC(C)(C)OC(=O)N=C(N)c1cccc(B2OC(C)(C)C(C)(C)O2)c1. The number of nitrogens with two attached hydrogens (primary N) is 1. The highest BCUT2D eigenvalue weighted by Crippen LogP contribution is 2.36. The zero-order valence-electron chi connectivity index (χ0n) is 16.0. The summed E-state index contributed by atoms with van der Waals surface area (Å²) < 4.78 is 17.2. The fourth-order valence-corrected chi connectivity index (χ4v) is 2.27. The van der Waals surface area contributed by atoms with Gasteiger partial charge >= 0.3 is 13.2 Å². The van der Waals surface area contributed by atoms with Crippen molar-refractivity contribution in [2.24, 2.45) is 10.7 Å². The van der Waals surface area contributed by atoms with Crippen molar-refractivity contribution in [1.29, 1.82) is 0 Å². The highest BCUT2D eigenvalue weighted by Gasteiger charge is 2.51. The second-order valence-corrected chi connectivity index (χ2v) is 8.19. The largest absolute Gasteiger partial charge is 0.494 e. The van der Waals surface area contributed by atoms with Crippen molar-refractivity contribution in [3.8, 4) is 0 Å². The molecular formula is C18H27BN2O4. The number of hydrogen-bond acceptors (Lipinski definition) is 4. The van der Waals surface area contributed by atoms with Gasteiger partial charge in [0.05, 0.1) is 11.2 Å². The molecule has 136 valence electrons. The maximum absolute atomic E-state index is 11.8. The molecule has 1 saturated heterocycles. The zero-order valence-corrected chi connectivity index (χ0v) is 16.0. The highest BCUT2D eigenvalue weighted by molar-refractivity contribution is 6.62. The minimum Gasteiger partial charge on any atom is -0.442 e. The van der Waals surface area contributed by atoms with Gasteiger partial charge in [0.1, 0.15) is 11.4 Å². The Bertz CT molecular complexity index is 677. The predicted molar refractivity (Wildman–Crippen MR) is 99.1 cm³/mol. The molecule has 2 N–H and O–H groups in total. The van der Waals surface area contributed by atoms with E-state index >= 15 is 0 Å². The van der Waals surface area contributed by atoms with Gasteiger partial charge in [0.2, 0.25) is 0 Å². The molecule has 6 nitrogen and oxygen atoms in total. The maximum Gasteiger partial charge on any atom is 0.494 e. The molecule has 25 heavy (non-hydrogen) atoms. The van der Waals surface area contributed by atoms with Crippen molar-refractivity contribution in [3.63, 3.8) is 0 Å². The molecule has 0 radical (unpaired) electrons. The monoisotopic (exact) mass is 346 g/mol. The van der Waals surface area contributed by atoms with Crippen LogP contribution in [0.4, 0.5) is 4.79 Å². The number of aliphatic imine (C=N–C) groups is 1. The summed E-state index contributed by atoms with van der Waals surface area (Å²) in [7, 11) is -0.501. The Morgan fingerprint density at radius 2 is 1.72 bits per heavy atom. The van der Waals surface area contributed by atoms with E-state index in [2.05, 4.69) is 4.99 Å². The van der Waals surface area contributed by atoms with Crippen LogP contribution < -0.4 is 11.2 Å². The van der Waals surface area contributed by atoms with Crippen LogP contribution in [0, 0.1) is 0 Å². The van der Waals surface area contributed by atoms with Crippen LogP contribution in [-0.4, -0.2) is 35.9 Å². The minimum atomic E-state index is -0.717. The Kier molecular flexibility index (Phi) is 5.03. The van der Waals surface area contributed by atoms with Gasteiger partial charge in [-0.2, -0.15) is 4.99 Å². The number of nitrogens with zero attached hydrogens (tertiary/aromatic N) is 1. The summed E-state index contributed by atoms with van der Waals surface area (Å²) in [6.45, 7) is 13.3. The van der Waals surface area contributed by atoms with Crippen molar-refractivity contribution >= 4 is 24.5 Å². The predicted octanol–water partition coefficient (Wildman–Crippen LogP) is 2.63. The van der Waals surface area contributed by atoms with Crippen LogP contribution in [0.1, 0.15) is 54.0 Å². The van der Waals surface area contributed by atoms with Crippen molar-refractivity contribution in [3.05, 3.63) is 29.8 Å². The van der Waals surface area contributed by atoms with E-state index in [9.17, 15) is 4.79 Å². The molecule has 0 unspecified atom stereocenters. The molecule has 1 fully saturated rings. The van der Waals surface area contributed by atoms with Crippen LogP contribution in [-0.2, 0) is 14.0 Å². The first-order valence-electron chi connectivity index (χ1n) is 8.34. The molecule has 1 aromatic rings. The summed E-state index contributed by atoms with van der Waals surface area (Å²) in [4.78, 5) is 15.6. The molecule has 0 aliphatic carbocycles. The van der Waals surface area contributed by atoms with E-state index in [4.69, 9.17) is 19.8 Å². The van der Waals surface area contributed by atoms with E-state index < -0.39 is 30.0 Å². The summed E-state index contributed by atoms with van der Waals surface area (Å²) in [5.74, 6) is 0.0904. The topological polar surface area (TPSA) is 83.1 Å². The summed E-state index contributed by atoms with van der Waals surface area (Å²) in [5.41, 5.74) is 5.91. The van der Waals surface area contributed by atoms with Gasteiger partial charge in [0, 0.05) is 5.56 Å². The van der Waals surface area contributed by atoms with Crippen LogP contribution >= 0.6 is 0 Å². The number of benzene rings is 1. The van der Waals surface area contributed by atoms with Crippen LogP contribution in [0.2, 0.25) is 0 Å². The molecule has 0 saturated carbocycles. The van der Waals surface area contributed by atoms with Crippen LogP contribution in [0.5, 0.6) is 0 Å². The van der Waals surface area contributed by atoms with E-state index in [0.29, 0.717) is 5.56 Å². The van der Waals surface area contributed by atoms with E-state index in [0.717, 1.165) is 5.46 Å². The highest BCUT2D eigenvalue weighted by atomic mass is 16.7. The molecular weight excluding hydrogens is 319 g/mol. The van der Waals surface area contributed by atoms with E-state index in [1.807, 2.05) is 45.9 Å². The smallest absolute Gasteiger partial charge is 0.442 e. The average molecular weight is 346 g/mol. The Morgan fingerprint density at radius 1 is 1.16 bits per heavy atom. The fourth-order valence-electron chi connectivity index (χ4n) is 2.27. The standard InChI is InChI=1S/C18H27BN2O4/c1-16(2,3)23-15(22)21-14(20)12-9-8-10-13(11-12)19-24-17(4,5)18(6,7)25-19/h8-11H,1-7H3,(H2,20,21,22). The first-order chi connectivity index (χ1) is 11.3. The van der Waals surface area contributed by atoms with Gasteiger partial charge in [0.25, 0.3) is 0 Å². The second kappa shape index (κ2) is 6.46. The first kappa shape index (κ1) is 19.5. The molecule has 1 amide bonds. The van der Waals surface area contributed by atoms with Gasteiger partial charge in [-0.3, -0.25) is 0 Å². The van der Waals surface area contributed by atoms with Gasteiger partial charge in [-0.15, -0.1) is 0 Å². The number of rotatable bonds is 2. The molecule has 0 spiro atoms. The number of amides is 1. The van der Waals surface area contributed by atoms with Gasteiger partial charge in [-0.05, 0) is 53.9 Å². The summed E-state index contributed by atoms with van der Waals surface area (Å²) in [6, 6.07) is 7.31. The minimum absolute atomic E-state index is 0.0904. The molecule has 0 aromatic heterocycles. The third kappa shape index (κ3) is 4.61.